The zero-order valence-electron chi connectivity index (χ0n) is 13.1. The van der Waals surface area contributed by atoms with Crippen molar-refractivity contribution in [3.63, 3.8) is 0 Å². The molecule has 0 N–H and O–H groups in total. The van der Waals surface area contributed by atoms with Crippen LogP contribution in [0.2, 0.25) is 0 Å². The molecule has 0 amide bonds. The molecule has 3 rings (SSSR count). The van der Waals surface area contributed by atoms with Gasteiger partial charge < -0.3 is 0 Å². The molecule has 1 heterocycles. The van der Waals surface area contributed by atoms with Crippen molar-refractivity contribution in [2.24, 2.45) is 0 Å². The number of rotatable bonds is 5. The van der Waals surface area contributed by atoms with Gasteiger partial charge in [-0.05, 0) is 30.9 Å². The largest absolute Gasteiger partial charge is 0.241 e. The van der Waals surface area contributed by atoms with Gasteiger partial charge in [-0.25, -0.2) is 4.68 Å². The first-order valence-electron chi connectivity index (χ1n) is 7.72. The molecule has 2 aromatic carbocycles. The molecular formula is C19H18N4. The molecule has 0 saturated carbocycles. The molecule has 0 bridgehead atoms. The van der Waals surface area contributed by atoms with Crippen molar-refractivity contribution < 1.29 is 0 Å². The van der Waals surface area contributed by atoms with Crippen LogP contribution in [0.15, 0.2) is 60.7 Å². The number of aryl methyl sites for hydroxylation is 1. The lowest BCUT2D eigenvalue weighted by atomic mass is 10.1. The molecule has 0 fully saturated rings. The molecule has 114 valence electrons. The molecule has 1 aromatic heterocycles. The van der Waals surface area contributed by atoms with E-state index in [4.69, 9.17) is 0 Å². The molecule has 0 aliphatic carbocycles. The number of hydrogen-bond donors (Lipinski definition) is 0. The topological polar surface area (TPSA) is 54.5 Å². The maximum Gasteiger partial charge on any atom is 0.185 e. The van der Waals surface area contributed by atoms with Crippen molar-refractivity contribution in [2.75, 3.05) is 0 Å². The van der Waals surface area contributed by atoms with E-state index in [1.165, 1.54) is 5.56 Å². The van der Waals surface area contributed by atoms with Crippen LogP contribution in [0.3, 0.4) is 0 Å². The zero-order chi connectivity index (χ0) is 16.1. The van der Waals surface area contributed by atoms with Crippen LogP contribution in [0.4, 0.5) is 0 Å². The summed E-state index contributed by atoms with van der Waals surface area (Å²) in [5, 5.41) is 17.6. The third kappa shape index (κ3) is 3.29. The molecular weight excluding hydrogens is 284 g/mol. The summed E-state index contributed by atoms with van der Waals surface area (Å²) in [6.45, 7) is 2.08. The second-order valence-electron chi connectivity index (χ2n) is 5.51. The Labute approximate surface area is 136 Å². The van der Waals surface area contributed by atoms with E-state index in [2.05, 4.69) is 47.6 Å². The third-order valence-corrected chi connectivity index (χ3v) is 4.04. The first kappa shape index (κ1) is 15.0. The second-order valence-corrected chi connectivity index (χ2v) is 5.51. The quantitative estimate of drug-likeness (QED) is 0.724. The highest BCUT2D eigenvalue weighted by molar-refractivity contribution is 5.28. The minimum atomic E-state index is 0.0524. The third-order valence-electron chi connectivity index (χ3n) is 4.04. The Balaban J connectivity index is 1.87. The van der Waals surface area contributed by atoms with Gasteiger partial charge in [0.05, 0.1) is 11.7 Å². The molecule has 0 radical (unpaired) electrons. The van der Waals surface area contributed by atoms with Gasteiger partial charge in [0.25, 0.3) is 0 Å². The normalized spacial score (nSPS) is 11.8. The van der Waals surface area contributed by atoms with Gasteiger partial charge in [-0.2, -0.15) is 5.26 Å². The number of hydrogen-bond acceptors (Lipinski definition) is 3. The lowest BCUT2D eigenvalue weighted by Crippen LogP contribution is -2.13. The number of benzene rings is 2. The maximum atomic E-state index is 9.32. The number of aromatic nitrogens is 3. The lowest BCUT2D eigenvalue weighted by Gasteiger charge is -2.15. The van der Waals surface area contributed by atoms with E-state index in [0.29, 0.717) is 5.69 Å². The van der Waals surface area contributed by atoms with Crippen LogP contribution >= 0.6 is 0 Å². The Morgan fingerprint density at radius 2 is 1.65 bits per heavy atom. The Morgan fingerprint density at radius 1 is 1.00 bits per heavy atom. The summed E-state index contributed by atoms with van der Waals surface area (Å²) in [5.74, 6) is 0. The van der Waals surface area contributed by atoms with Gasteiger partial charge in [-0.3, -0.25) is 0 Å². The molecule has 0 aliphatic rings. The van der Waals surface area contributed by atoms with E-state index in [0.717, 1.165) is 24.1 Å². The highest BCUT2D eigenvalue weighted by Crippen LogP contribution is 2.20. The minimum Gasteiger partial charge on any atom is -0.241 e. The summed E-state index contributed by atoms with van der Waals surface area (Å²) < 4.78 is 1.87. The molecule has 0 aliphatic heterocycles. The molecule has 0 spiro atoms. The van der Waals surface area contributed by atoms with Crippen LogP contribution < -0.4 is 0 Å². The molecule has 1 atom stereocenters. The lowest BCUT2D eigenvalue weighted by molar-refractivity contribution is 0.520. The average Bonchev–Trinajstić information content (AvgIpc) is 3.04. The molecule has 4 nitrogen and oxygen atoms in total. The van der Waals surface area contributed by atoms with Gasteiger partial charge in [0.1, 0.15) is 6.07 Å². The Morgan fingerprint density at radius 3 is 2.30 bits per heavy atom. The van der Waals surface area contributed by atoms with Gasteiger partial charge in [-0.15, -0.1) is 5.10 Å². The zero-order valence-corrected chi connectivity index (χ0v) is 13.1. The smallest absolute Gasteiger partial charge is 0.185 e. The molecule has 0 saturated heterocycles. The van der Waals surface area contributed by atoms with E-state index >= 15 is 0 Å². The van der Waals surface area contributed by atoms with E-state index < -0.39 is 0 Å². The summed E-state index contributed by atoms with van der Waals surface area (Å²) in [4.78, 5) is 0. The van der Waals surface area contributed by atoms with E-state index in [-0.39, 0.29) is 6.04 Å². The SMILES string of the molecule is CC(c1ccccc1)n1nnc(C#N)c1CCc1ccccc1. The first-order chi connectivity index (χ1) is 11.3. The van der Waals surface area contributed by atoms with Gasteiger partial charge >= 0.3 is 0 Å². The number of nitriles is 1. The van der Waals surface area contributed by atoms with Crippen molar-refractivity contribution >= 4 is 0 Å². The van der Waals surface area contributed by atoms with Crippen LogP contribution in [0.1, 0.15) is 35.5 Å². The highest BCUT2D eigenvalue weighted by atomic mass is 15.4. The fourth-order valence-corrected chi connectivity index (χ4v) is 2.72. The van der Waals surface area contributed by atoms with Crippen LogP contribution in [-0.4, -0.2) is 15.0 Å². The van der Waals surface area contributed by atoms with Crippen LogP contribution in [0.5, 0.6) is 0 Å². The van der Waals surface area contributed by atoms with Gasteiger partial charge in [0.2, 0.25) is 0 Å². The molecule has 4 heteroatoms. The van der Waals surface area contributed by atoms with Gasteiger partial charge in [-0.1, -0.05) is 65.9 Å². The van der Waals surface area contributed by atoms with Crippen molar-refractivity contribution in [1.82, 2.24) is 15.0 Å². The summed E-state index contributed by atoms with van der Waals surface area (Å²) >= 11 is 0. The fourth-order valence-electron chi connectivity index (χ4n) is 2.72. The first-order valence-corrected chi connectivity index (χ1v) is 7.72. The Bertz CT molecular complexity index is 800. The summed E-state index contributed by atoms with van der Waals surface area (Å²) in [7, 11) is 0. The highest BCUT2D eigenvalue weighted by Gasteiger charge is 2.18. The molecule has 3 aromatic rings. The standard InChI is InChI=1S/C19H18N4/c1-15(17-10-6-3-7-11-17)23-19(18(14-20)21-22-23)13-12-16-8-4-2-5-9-16/h2-11,15H,12-13H2,1H3. The Kier molecular flexibility index (Phi) is 4.49. The van der Waals surface area contributed by atoms with Crippen molar-refractivity contribution in [3.8, 4) is 6.07 Å². The van der Waals surface area contributed by atoms with Crippen LogP contribution in [-0.2, 0) is 12.8 Å². The fraction of sp³-hybridized carbons (Fsp3) is 0.211. The summed E-state index contributed by atoms with van der Waals surface area (Å²) in [5.41, 5.74) is 3.72. The predicted octanol–water partition coefficient (Wildman–Crippen LogP) is 3.54. The second kappa shape index (κ2) is 6.89. The van der Waals surface area contributed by atoms with E-state index in [1.807, 2.05) is 41.1 Å². The van der Waals surface area contributed by atoms with Gasteiger partial charge in [0.15, 0.2) is 5.69 Å². The Hall–Kier alpha value is -2.93. The van der Waals surface area contributed by atoms with E-state index in [9.17, 15) is 5.26 Å². The van der Waals surface area contributed by atoms with Gasteiger partial charge in [0, 0.05) is 0 Å². The average molecular weight is 302 g/mol. The predicted molar refractivity (Wildman–Crippen MR) is 88.8 cm³/mol. The maximum absolute atomic E-state index is 9.32. The van der Waals surface area contributed by atoms with E-state index in [1.54, 1.807) is 0 Å². The van der Waals surface area contributed by atoms with Crippen LogP contribution in [0.25, 0.3) is 0 Å². The summed E-state index contributed by atoms with van der Waals surface area (Å²) in [6.07, 6.45) is 1.61. The van der Waals surface area contributed by atoms with Crippen molar-refractivity contribution in [1.29, 1.82) is 5.26 Å². The summed E-state index contributed by atoms with van der Waals surface area (Å²) in [6, 6.07) is 22.6. The molecule has 1 unspecified atom stereocenters. The monoisotopic (exact) mass is 302 g/mol. The van der Waals surface area contributed by atoms with Crippen molar-refractivity contribution in [3.05, 3.63) is 83.2 Å². The molecule has 23 heavy (non-hydrogen) atoms. The van der Waals surface area contributed by atoms with Crippen LogP contribution in [0, 0.1) is 11.3 Å². The minimum absolute atomic E-state index is 0.0524. The number of nitrogens with zero attached hydrogens (tertiary/aromatic N) is 4. The van der Waals surface area contributed by atoms with Crippen molar-refractivity contribution in [2.45, 2.75) is 25.8 Å².